The molecule has 1 atom stereocenters. The van der Waals surface area contributed by atoms with Crippen molar-refractivity contribution in [1.29, 1.82) is 0 Å². The summed E-state index contributed by atoms with van der Waals surface area (Å²) in [5.74, 6) is 0. The Balaban J connectivity index is 2.02. The van der Waals surface area contributed by atoms with Gasteiger partial charge >= 0.3 is 6.18 Å². The topological polar surface area (TPSA) is 21.3 Å². The quantitative estimate of drug-likeness (QED) is 0.712. The minimum atomic E-state index is -4.09. The van der Waals surface area contributed by atoms with E-state index in [0.717, 1.165) is 13.0 Å². The van der Waals surface area contributed by atoms with Gasteiger partial charge in [0.15, 0.2) is 0 Å². The Morgan fingerprint density at radius 1 is 1.42 bits per heavy atom. The number of rotatable bonds is 3. The van der Waals surface area contributed by atoms with Crippen molar-refractivity contribution in [2.45, 2.75) is 25.1 Å². The maximum atomic E-state index is 11.6. The first-order chi connectivity index (χ1) is 5.58. The van der Waals surface area contributed by atoms with Crippen molar-refractivity contribution in [1.82, 2.24) is 5.32 Å². The fraction of sp³-hybridized carbons (Fsp3) is 1.00. The maximum Gasteiger partial charge on any atom is 0.391 e. The molecule has 5 heteroatoms. The van der Waals surface area contributed by atoms with Crippen molar-refractivity contribution in [3.05, 3.63) is 0 Å². The fourth-order valence-corrected chi connectivity index (χ4v) is 1.11. The van der Waals surface area contributed by atoms with Crippen LogP contribution in [-0.4, -0.2) is 32.0 Å². The van der Waals surface area contributed by atoms with Gasteiger partial charge in [-0.1, -0.05) is 0 Å². The standard InChI is InChI=1S/C7H12F3NO/c8-7(9,10)2-4-12-6-1-3-11-5-6/h6,11H,1-5H2. The van der Waals surface area contributed by atoms with Crippen molar-refractivity contribution in [2.24, 2.45) is 0 Å². The van der Waals surface area contributed by atoms with Gasteiger partial charge in [0, 0.05) is 6.54 Å². The van der Waals surface area contributed by atoms with Crippen molar-refractivity contribution >= 4 is 0 Å². The Kier molecular flexibility index (Phi) is 3.34. The lowest BCUT2D eigenvalue weighted by atomic mass is 10.3. The molecule has 0 aromatic carbocycles. The van der Waals surface area contributed by atoms with Crippen LogP contribution in [0.2, 0.25) is 0 Å². The van der Waals surface area contributed by atoms with Crippen LogP contribution in [0.1, 0.15) is 12.8 Å². The Morgan fingerprint density at radius 3 is 2.67 bits per heavy atom. The molecule has 0 bridgehead atoms. The maximum absolute atomic E-state index is 11.6. The molecule has 12 heavy (non-hydrogen) atoms. The molecular weight excluding hydrogens is 171 g/mol. The highest BCUT2D eigenvalue weighted by Crippen LogP contribution is 2.19. The molecule has 0 saturated carbocycles. The summed E-state index contributed by atoms with van der Waals surface area (Å²) < 4.78 is 39.9. The zero-order chi connectivity index (χ0) is 9.03. The minimum Gasteiger partial charge on any atom is -0.376 e. The van der Waals surface area contributed by atoms with Crippen LogP contribution >= 0.6 is 0 Å². The van der Waals surface area contributed by atoms with E-state index >= 15 is 0 Å². The summed E-state index contributed by atoms with van der Waals surface area (Å²) in [6.45, 7) is 1.31. The summed E-state index contributed by atoms with van der Waals surface area (Å²) in [5, 5.41) is 3.01. The van der Waals surface area contributed by atoms with Crippen LogP contribution < -0.4 is 5.32 Å². The lowest BCUT2D eigenvalue weighted by Crippen LogP contribution is -2.20. The third kappa shape index (κ3) is 3.92. The molecule has 1 aliphatic rings. The van der Waals surface area contributed by atoms with Gasteiger partial charge in [-0.15, -0.1) is 0 Å². The van der Waals surface area contributed by atoms with E-state index in [2.05, 4.69) is 5.32 Å². The Labute approximate surface area is 69.1 Å². The Bertz CT molecular complexity index is 131. The minimum absolute atomic E-state index is 0.0210. The van der Waals surface area contributed by atoms with Crippen LogP contribution in [0.15, 0.2) is 0 Å². The molecule has 0 aromatic heterocycles. The van der Waals surface area contributed by atoms with Crippen LogP contribution in [0.5, 0.6) is 0 Å². The average Bonchev–Trinajstić information content (AvgIpc) is 2.36. The first-order valence-electron chi connectivity index (χ1n) is 3.97. The zero-order valence-electron chi connectivity index (χ0n) is 6.66. The summed E-state index contributed by atoms with van der Waals surface area (Å²) in [6, 6.07) is 0. The second-order valence-corrected chi connectivity index (χ2v) is 2.85. The summed E-state index contributed by atoms with van der Waals surface area (Å²) >= 11 is 0. The van der Waals surface area contributed by atoms with Gasteiger partial charge in [-0.25, -0.2) is 0 Å². The molecule has 0 spiro atoms. The molecule has 1 rings (SSSR count). The van der Waals surface area contributed by atoms with Gasteiger partial charge < -0.3 is 10.1 Å². The van der Waals surface area contributed by atoms with E-state index in [4.69, 9.17) is 4.74 Å². The number of alkyl halides is 3. The van der Waals surface area contributed by atoms with Gasteiger partial charge in [0.05, 0.1) is 19.1 Å². The molecular formula is C7H12F3NO. The predicted octanol–water partition coefficient (Wildman–Crippen LogP) is 1.32. The molecule has 1 N–H and O–H groups in total. The molecule has 0 aromatic rings. The normalized spacial score (nSPS) is 24.8. The van der Waals surface area contributed by atoms with Crippen molar-refractivity contribution in [2.75, 3.05) is 19.7 Å². The molecule has 0 aliphatic carbocycles. The monoisotopic (exact) mass is 183 g/mol. The predicted molar refractivity (Wildman–Crippen MR) is 37.9 cm³/mol. The van der Waals surface area contributed by atoms with Crippen molar-refractivity contribution in [3.8, 4) is 0 Å². The summed E-state index contributed by atoms with van der Waals surface area (Å²) in [5.41, 5.74) is 0. The summed E-state index contributed by atoms with van der Waals surface area (Å²) in [4.78, 5) is 0. The third-order valence-electron chi connectivity index (χ3n) is 1.75. The van der Waals surface area contributed by atoms with Gasteiger partial charge in [0.2, 0.25) is 0 Å². The molecule has 1 fully saturated rings. The second-order valence-electron chi connectivity index (χ2n) is 2.85. The van der Waals surface area contributed by atoms with Crippen LogP contribution in [-0.2, 0) is 4.74 Å². The number of nitrogens with one attached hydrogen (secondary N) is 1. The molecule has 2 nitrogen and oxygen atoms in total. The number of hydrogen-bond donors (Lipinski definition) is 1. The average molecular weight is 183 g/mol. The molecule has 1 aliphatic heterocycles. The fourth-order valence-electron chi connectivity index (χ4n) is 1.11. The summed E-state index contributed by atoms with van der Waals surface area (Å²) in [7, 11) is 0. The molecule has 1 unspecified atom stereocenters. The highest BCUT2D eigenvalue weighted by molar-refractivity contribution is 4.70. The van der Waals surface area contributed by atoms with E-state index in [9.17, 15) is 13.2 Å². The van der Waals surface area contributed by atoms with E-state index in [1.165, 1.54) is 0 Å². The molecule has 0 amide bonds. The van der Waals surface area contributed by atoms with Crippen LogP contribution in [0.25, 0.3) is 0 Å². The van der Waals surface area contributed by atoms with E-state index in [-0.39, 0.29) is 12.7 Å². The van der Waals surface area contributed by atoms with E-state index in [0.29, 0.717) is 6.54 Å². The smallest absolute Gasteiger partial charge is 0.376 e. The van der Waals surface area contributed by atoms with E-state index in [1.807, 2.05) is 0 Å². The third-order valence-corrected chi connectivity index (χ3v) is 1.75. The van der Waals surface area contributed by atoms with Crippen molar-refractivity contribution < 1.29 is 17.9 Å². The zero-order valence-corrected chi connectivity index (χ0v) is 6.66. The second kappa shape index (κ2) is 4.09. The van der Waals surface area contributed by atoms with Gasteiger partial charge in [0.25, 0.3) is 0 Å². The van der Waals surface area contributed by atoms with Crippen LogP contribution in [0, 0.1) is 0 Å². The summed E-state index contributed by atoms with van der Waals surface area (Å²) in [6.07, 6.45) is -4.14. The van der Waals surface area contributed by atoms with E-state index in [1.54, 1.807) is 0 Å². The number of hydrogen-bond acceptors (Lipinski definition) is 2. The molecule has 72 valence electrons. The van der Waals surface area contributed by atoms with Gasteiger partial charge in [-0.05, 0) is 13.0 Å². The SMILES string of the molecule is FC(F)(F)CCOC1CCNC1. The highest BCUT2D eigenvalue weighted by atomic mass is 19.4. The molecule has 1 heterocycles. The highest BCUT2D eigenvalue weighted by Gasteiger charge is 2.27. The van der Waals surface area contributed by atoms with E-state index < -0.39 is 12.6 Å². The first-order valence-corrected chi connectivity index (χ1v) is 3.97. The van der Waals surface area contributed by atoms with Gasteiger partial charge in [-0.2, -0.15) is 13.2 Å². The molecule has 0 radical (unpaired) electrons. The molecule has 1 saturated heterocycles. The Morgan fingerprint density at radius 2 is 2.17 bits per heavy atom. The Hall–Kier alpha value is -0.290. The van der Waals surface area contributed by atoms with Crippen molar-refractivity contribution in [3.63, 3.8) is 0 Å². The van der Waals surface area contributed by atoms with Crippen LogP contribution in [0.4, 0.5) is 13.2 Å². The van der Waals surface area contributed by atoms with Gasteiger partial charge in [-0.3, -0.25) is 0 Å². The first kappa shape index (κ1) is 9.80. The number of ether oxygens (including phenoxy) is 1. The van der Waals surface area contributed by atoms with Crippen LogP contribution in [0.3, 0.4) is 0 Å². The lowest BCUT2D eigenvalue weighted by molar-refractivity contribution is -0.148. The van der Waals surface area contributed by atoms with Gasteiger partial charge in [0.1, 0.15) is 0 Å². The largest absolute Gasteiger partial charge is 0.391 e. The number of halogens is 3. The lowest BCUT2D eigenvalue weighted by Gasteiger charge is -2.11.